The number of hydrogen-bond acceptors (Lipinski definition) is 4. The molecule has 6 heteroatoms. The molecule has 0 aliphatic carbocycles. The average molecular weight is 445 g/mol. The maximum absolute atomic E-state index is 13.0. The molecule has 0 saturated carbocycles. The summed E-state index contributed by atoms with van der Waals surface area (Å²) in [5, 5.41) is 14.0. The van der Waals surface area contributed by atoms with Crippen molar-refractivity contribution in [1.29, 1.82) is 0 Å². The number of rotatable bonds is 8. The topological polar surface area (TPSA) is 81.5 Å². The SMILES string of the molecule is CC(C)(C)c1ccccc1OCCNC(=O)/C(=C/c1cccc([N+](=O)[O-])c1)c1ccccc1. The predicted molar refractivity (Wildman–Crippen MR) is 131 cm³/mol. The lowest BCUT2D eigenvalue weighted by atomic mass is 9.86. The van der Waals surface area contributed by atoms with Crippen LogP contribution in [0.15, 0.2) is 78.9 Å². The molecule has 0 fully saturated rings. The van der Waals surface area contributed by atoms with Gasteiger partial charge in [-0.2, -0.15) is 0 Å². The normalized spacial score (nSPS) is 11.7. The number of hydrogen-bond donors (Lipinski definition) is 1. The van der Waals surface area contributed by atoms with E-state index in [1.165, 1.54) is 12.1 Å². The standard InChI is InChI=1S/C27H28N2O4/c1-27(2,3)24-14-7-8-15-25(24)33-17-16-28-26(30)23(21-11-5-4-6-12-21)19-20-10-9-13-22(18-20)29(31)32/h4-15,18-19H,16-17H2,1-3H3,(H,28,30)/b23-19+. The fourth-order valence-electron chi connectivity index (χ4n) is 3.43. The van der Waals surface area contributed by atoms with Crippen molar-refractivity contribution in [1.82, 2.24) is 5.32 Å². The number of nitro benzene ring substituents is 1. The molecule has 170 valence electrons. The third-order valence-electron chi connectivity index (χ3n) is 5.06. The van der Waals surface area contributed by atoms with Gasteiger partial charge >= 0.3 is 0 Å². The summed E-state index contributed by atoms with van der Waals surface area (Å²) in [4.78, 5) is 23.7. The second-order valence-electron chi connectivity index (χ2n) is 8.63. The number of nitro groups is 1. The molecule has 0 bridgehead atoms. The minimum Gasteiger partial charge on any atom is -0.491 e. The van der Waals surface area contributed by atoms with Crippen LogP contribution in [-0.4, -0.2) is 24.0 Å². The van der Waals surface area contributed by atoms with E-state index in [1.807, 2.05) is 54.6 Å². The van der Waals surface area contributed by atoms with E-state index in [0.717, 1.165) is 16.9 Å². The number of carbonyl (C=O) groups excluding carboxylic acids is 1. The van der Waals surface area contributed by atoms with Crippen LogP contribution in [0.3, 0.4) is 0 Å². The number of benzene rings is 3. The molecule has 0 saturated heterocycles. The molecule has 0 unspecified atom stereocenters. The molecule has 0 atom stereocenters. The van der Waals surface area contributed by atoms with Gasteiger partial charge in [-0.15, -0.1) is 0 Å². The van der Waals surface area contributed by atoms with Crippen LogP contribution in [0.2, 0.25) is 0 Å². The van der Waals surface area contributed by atoms with Crippen LogP contribution >= 0.6 is 0 Å². The van der Waals surface area contributed by atoms with Gasteiger partial charge in [-0.3, -0.25) is 14.9 Å². The zero-order valence-electron chi connectivity index (χ0n) is 19.1. The Kier molecular flexibility index (Phi) is 7.61. The first-order valence-corrected chi connectivity index (χ1v) is 10.8. The van der Waals surface area contributed by atoms with E-state index in [-0.39, 0.29) is 17.0 Å². The van der Waals surface area contributed by atoms with Gasteiger partial charge in [0.2, 0.25) is 0 Å². The highest BCUT2D eigenvalue weighted by Gasteiger charge is 2.18. The maximum atomic E-state index is 13.0. The van der Waals surface area contributed by atoms with Crippen molar-refractivity contribution in [3.8, 4) is 5.75 Å². The van der Waals surface area contributed by atoms with Crippen molar-refractivity contribution in [2.45, 2.75) is 26.2 Å². The van der Waals surface area contributed by atoms with Gasteiger partial charge < -0.3 is 10.1 Å². The first-order valence-electron chi connectivity index (χ1n) is 10.8. The minimum absolute atomic E-state index is 0.0255. The zero-order valence-corrected chi connectivity index (χ0v) is 19.1. The van der Waals surface area contributed by atoms with E-state index in [9.17, 15) is 14.9 Å². The van der Waals surface area contributed by atoms with Crippen molar-refractivity contribution in [3.63, 3.8) is 0 Å². The number of ether oxygens (including phenoxy) is 1. The first-order chi connectivity index (χ1) is 15.8. The lowest BCUT2D eigenvalue weighted by molar-refractivity contribution is -0.384. The Morgan fingerprint density at radius 1 is 1.00 bits per heavy atom. The van der Waals surface area contributed by atoms with E-state index in [1.54, 1.807) is 18.2 Å². The number of para-hydroxylation sites is 1. The van der Waals surface area contributed by atoms with Crippen molar-refractivity contribution in [3.05, 3.63) is 106 Å². The Morgan fingerprint density at radius 2 is 1.70 bits per heavy atom. The smallest absolute Gasteiger partial charge is 0.270 e. The molecule has 0 radical (unpaired) electrons. The predicted octanol–water partition coefficient (Wildman–Crippen LogP) is 5.63. The third-order valence-corrected chi connectivity index (χ3v) is 5.06. The number of carbonyl (C=O) groups is 1. The summed E-state index contributed by atoms with van der Waals surface area (Å²) in [6.07, 6.45) is 1.66. The Morgan fingerprint density at radius 3 is 2.39 bits per heavy atom. The highest BCUT2D eigenvalue weighted by Crippen LogP contribution is 2.30. The van der Waals surface area contributed by atoms with Crippen LogP contribution in [0.4, 0.5) is 5.69 Å². The molecule has 0 aliphatic heterocycles. The summed E-state index contributed by atoms with van der Waals surface area (Å²) in [5.74, 6) is 0.523. The lowest BCUT2D eigenvalue weighted by Crippen LogP contribution is -2.29. The summed E-state index contributed by atoms with van der Waals surface area (Å²) < 4.78 is 5.95. The second-order valence-corrected chi connectivity index (χ2v) is 8.63. The summed E-state index contributed by atoms with van der Waals surface area (Å²) in [6, 6.07) is 23.3. The summed E-state index contributed by atoms with van der Waals surface area (Å²) in [6.45, 7) is 7.01. The van der Waals surface area contributed by atoms with Crippen molar-refractivity contribution >= 4 is 23.2 Å². The third kappa shape index (κ3) is 6.53. The van der Waals surface area contributed by atoms with E-state index in [2.05, 4.69) is 26.1 Å². The van der Waals surface area contributed by atoms with Crippen LogP contribution in [0.1, 0.15) is 37.5 Å². The van der Waals surface area contributed by atoms with Crippen LogP contribution in [0.5, 0.6) is 5.75 Å². The van der Waals surface area contributed by atoms with Gasteiger partial charge in [-0.1, -0.05) is 81.4 Å². The Labute approximate surface area is 194 Å². The largest absolute Gasteiger partial charge is 0.491 e. The van der Waals surface area contributed by atoms with E-state index < -0.39 is 4.92 Å². The van der Waals surface area contributed by atoms with Gasteiger partial charge in [0.15, 0.2) is 0 Å². The molecular formula is C27H28N2O4. The average Bonchev–Trinajstić information content (AvgIpc) is 2.80. The van der Waals surface area contributed by atoms with Crippen LogP contribution in [-0.2, 0) is 10.2 Å². The summed E-state index contributed by atoms with van der Waals surface area (Å²) in [5.41, 5.74) is 2.75. The highest BCUT2D eigenvalue weighted by atomic mass is 16.6. The zero-order chi connectivity index (χ0) is 23.8. The minimum atomic E-state index is -0.452. The summed E-state index contributed by atoms with van der Waals surface area (Å²) in [7, 11) is 0. The molecule has 33 heavy (non-hydrogen) atoms. The number of nitrogens with one attached hydrogen (secondary N) is 1. The fourth-order valence-corrected chi connectivity index (χ4v) is 3.43. The van der Waals surface area contributed by atoms with Gasteiger partial charge in [-0.25, -0.2) is 0 Å². The molecule has 0 aliphatic rings. The van der Waals surface area contributed by atoms with Gasteiger partial charge in [0, 0.05) is 17.7 Å². The number of non-ortho nitro benzene ring substituents is 1. The highest BCUT2D eigenvalue weighted by molar-refractivity contribution is 6.24. The molecule has 6 nitrogen and oxygen atoms in total. The molecule has 3 rings (SSSR count). The van der Waals surface area contributed by atoms with Crippen LogP contribution in [0, 0.1) is 10.1 Å². The molecule has 0 spiro atoms. The Bertz CT molecular complexity index is 1150. The monoisotopic (exact) mass is 444 g/mol. The van der Waals surface area contributed by atoms with E-state index >= 15 is 0 Å². The van der Waals surface area contributed by atoms with Gasteiger partial charge in [0.25, 0.3) is 11.6 Å². The van der Waals surface area contributed by atoms with Crippen molar-refractivity contribution in [2.24, 2.45) is 0 Å². The lowest BCUT2D eigenvalue weighted by Gasteiger charge is -2.22. The molecule has 3 aromatic carbocycles. The van der Waals surface area contributed by atoms with Gasteiger partial charge in [0.05, 0.1) is 11.5 Å². The summed E-state index contributed by atoms with van der Waals surface area (Å²) >= 11 is 0. The molecule has 1 N–H and O–H groups in total. The quantitative estimate of drug-likeness (QED) is 0.161. The Hall–Kier alpha value is -3.93. The fraction of sp³-hybridized carbons (Fsp3) is 0.222. The van der Waals surface area contributed by atoms with Crippen LogP contribution in [0.25, 0.3) is 11.6 Å². The first kappa shape index (κ1) is 23.7. The molecule has 0 aromatic heterocycles. The molecule has 3 aromatic rings. The van der Waals surface area contributed by atoms with E-state index in [4.69, 9.17) is 4.74 Å². The molecule has 1 amide bonds. The molecule has 0 heterocycles. The van der Waals surface area contributed by atoms with Crippen molar-refractivity contribution in [2.75, 3.05) is 13.2 Å². The maximum Gasteiger partial charge on any atom is 0.270 e. The van der Waals surface area contributed by atoms with Crippen molar-refractivity contribution < 1.29 is 14.5 Å². The van der Waals surface area contributed by atoms with Gasteiger partial charge in [-0.05, 0) is 34.2 Å². The second kappa shape index (κ2) is 10.6. The number of amides is 1. The molecular weight excluding hydrogens is 416 g/mol. The number of nitrogens with zero attached hydrogens (tertiary/aromatic N) is 1. The van der Waals surface area contributed by atoms with E-state index in [0.29, 0.717) is 24.3 Å². The Balaban J connectivity index is 1.73. The van der Waals surface area contributed by atoms with Crippen LogP contribution < -0.4 is 10.1 Å². The van der Waals surface area contributed by atoms with Gasteiger partial charge in [0.1, 0.15) is 12.4 Å².